The molecule has 0 fully saturated rings. The second-order valence-corrected chi connectivity index (χ2v) is 4.74. The van der Waals surface area contributed by atoms with Gasteiger partial charge in [-0.1, -0.05) is 17.7 Å². The molecule has 0 radical (unpaired) electrons. The van der Waals surface area contributed by atoms with E-state index in [1.807, 2.05) is 0 Å². The molecule has 0 atom stereocenters. The Hall–Kier alpha value is -1.95. The lowest BCUT2D eigenvalue weighted by Gasteiger charge is -2.20. The highest BCUT2D eigenvalue weighted by molar-refractivity contribution is 6.32. The van der Waals surface area contributed by atoms with Crippen molar-refractivity contribution in [3.05, 3.63) is 57.0 Å². The Morgan fingerprint density at radius 1 is 1.40 bits per heavy atom. The lowest BCUT2D eigenvalue weighted by atomic mass is 10.2. The monoisotopic (exact) mass is 299 g/mol. The Morgan fingerprint density at radius 3 is 2.75 bits per heavy atom. The molecule has 7 heteroatoms. The van der Waals surface area contributed by atoms with Gasteiger partial charge in [-0.2, -0.15) is 5.10 Å². The van der Waals surface area contributed by atoms with Crippen LogP contribution >= 0.6 is 11.6 Å². The molecule has 0 unspecified atom stereocenters. The zero-order chi connectivity index (χ0) is 14.9. The van der Waals surface area contributed by atoms with E-state index in [9.17, 15) is 13.6 Å². The molecule has 20 heavy (non-hydrogen) atoms. The summed E-state index contributed by atoms with van der Waals surface area (Å²) in [6.45, 7) is 0.140. The van der Waals surface area contributed by atoms with Crippen LogP contribution in [-0.2, 0) is 13.6 Å². The summed E-state index contributed by atoms with van der Waals surface area (Å²) >= 11 is 5.96. The van der Waals surface area contributed by atoms with E-state index in [-0.39, 0.29) is 11.6 Å². The van der Waals surface area contributed by atoms with E-state index >= 15 is 0 Å². The fourth-order valence-electron chi connectivity index (χ4n) is 1.76. The molecular formula is C13H12ClF2N3O. The Balaban J connectivity index is 2.31. The van der Waals surface area contributed by atoms with Crippen molar-refractivity contribution in [2.75, 3.05) is 11.9 Å². The summed E-state index contributed by atoms with van der Waals surface area (Å²) in [6, 6.07) is 3.34. The van der Waals surface area contributed by atoms with Gasteiger partial charge < -0.3 is 4.90 Å². The maximum Gasteiger partial charge on any atom is 0.287 e. The average molecular weight is 300 g/mol. The van der Waals surface area contributed by atoms with Gasteiger partial charge in [-0.3, -0.25) is 4.79 Å². The van der Waals surface area contributed by atoms with Gasteiger partial charge >= 0.3 is 0 Å². The second kappa shape index (κ2) is 5.58. The summed E-state index contributed by atoms with van der Waals surface area (Å²) in [5.41, 5.74) is 0.250. The van der Waals surface area contributed by atoms with Crippen molar-refractivity contribution in [3.8, 4) is 0 Å². The zero-order valence-corrected chi connectivity index (χ0v) is 11.7. The van der Waals surface area contributed by atoms with Crippen LogP contribution in [0.5, 0.6) is 0 Å². The highest BCUT2D eigenvalue weighted by atomic mass is 35.5. The highest BCUT2D eigenvalue weighted by Gasteiger charge is 2.13. The smallest absolute Gasteiger partial charge is 0.287 e. The van der Waals surface area contributed by atoms with Crippen LogP contribution < -0.4 is 10.5 Å². The summed E-state index contributed by atoms with van der Waals surface area (Å²) < 4.78 is 27.5. The fourth-order valence-corrected chi connectivity index (χ4v) is 2.07. The van der Waals surface area contributed by atoms with Gasteiger partial charge in [0, 0.05) is 32.3 Å². The first-order valence-electron chi connectivity index (χ1n) is 5.77. The molecule has 0 amide bonds. The predicted octanol–water partition coefficient (Wildman–Crippen LogP) is 2.35. The maximum atomic E-state index is 13.6. The fraction of sp³-hybridized carbons (Fsp3) is 0.231. The van der Waals surface area contributed by atoms with Crippen LogP contribution in [0.4, 0.5) is 14.5 Å². The molecule has 106 valence electrons. The van der Waals surface area contributed by atoms with Gasteiger partial charge in [0.05, 0.1) is 11.9 Å². The Bertz CT molecular complexity index is 703. The van der Waals surface area contributed by atoms with Gasteiger partial charge in [-0.25, -0.2) is 13.5 Å². The van der Waals surface area contributed by atoms with Gasteiger partial charge in [0.2, 0.25) is 0 Å². The summed E-state index contributed by atoms with van der Waals surface area (Å²) in [5.74, 6) is -1.29. The molecule has 1 aromatic carbocycles. The average Bonchev–Trinajstić information content (AvgIpc) is 2.39. The number of rotatable bonds is 3. The van der Waals surface area contributed by atoms with Crippen molar-refractivity contribution in [2.45, 2.75) is 6.54 Å². The minimum absolute atomic E-state index is 0.00696. The minimum Gasteiger partial charge on any atom is -0.367 e. The molecule has 0 aliphatic rings. The standard InChI is InChI=1S/C13H12ClF2N3O/c1-18(7-8-3-4-9(15)5-10(8)16)11-6-17-19(2)13(20)12(11)14/h3-6H,7H2,1-2H3. The number of aromatic nitrogens is 2. The van der Waals surface area contributed by atoms with Crippen LogP contribution in [0, 0.1) is 11.6 Å². The van der Waals surface area contributed by atoms with Crippen LogP contribution in [-0.4, -0.2) is 16.8 Å². The molecule has 1 aromatic heterocycles. The van der Waals surface area contributed by atoms with Crippen molar-refractivity contribution in [1.29, 1.82) is 0 Å². The second-order valence-electron chi connectivity index (χ2n) is 4.36. The largest absolute Gasteiger partial charge is 0.367 e. The van der Waals surface area contributed by atoms with E-state index in [0.717, 1.165) is 10.7 Å². The Labute approximate surface area is 119 Å². The van der Waals surface area contributed by atoms with E-state index < -0.39 is 17.2 Å². The van der Waals surface area contributed by atoms with Gasteiger partial charge in [-0.05, 0) is 6.07 Å². The van der Waals surface area contributed by atoms with E-state index in [2.05, 4.69) is 5.10 Å². The molecule has 2 rings (SSSR count). The van der Waals surface area contributed by atoms with Crippen LogP contribution in [0.2, 0.25) is 5.02 Å². The molecule has 2 aromatic rings. The minimum atomic E-state index is -0.648. The van der Waals surface area contributed by atoms with Crippen LogP contribution in [0.3, 0.4) is 0 Å². The van der Waals surface area contributed by atoms with E-state index in [4.69, 9.17) is 11.6 Å². The van der Waals surface area contributed by atoms with Crippen molar-refractivity contribution in [3.63, 3.8) is 0 Å². The first-order valence-corrected chi connectivity index (χ1v) is 6.15. The van der Waals surface area contributed by atoms with Crippen LogP contribution in [0.1, 0.15) is 5.56 Å². The molecule has 0 saturated heterocycles. The van der Waals surface area contributed by atoms with E-state index in [0.29, 0.717) is 11.3 Å². The molecule has 0 saturated carbocycles. The third kappa shape index (κ3) is 2.80. The third-order valence-electron chi connectivity index (χ3n) is 2.89. The number of nitrogens with zero attached hydrogens (tertiary/aromatic N) is 3. The van der Waals surface area contributed by atoms with Gasteiger partial charge in [0.15, 0.2) is 0 Å². The van der Waals surface area contributed by atoms with Crippen LogP contribution in [0.15, 0.2) is 29.2 Å². The maximum absolute atomic E-state index is 13.6. The van der Waals surface area contributed by atoms with E-state index in [1.165, 1.54) is 25.4 Å². The van der Waals surface area contributed by atoms with Gasteiger partial charge in [-0.15, -0.1) is 0 Å². The summed E-state index contributed by atoms with van der Waals surface area (Å²) in [7, 11) is 3.13. The Morgan fingerprint density at radius 2 is 2.10 bits per heavy atom. The summed E-state index contributed by atoms with van der Waals surface area (Å²) in [6.07, 6.45) is 1.42. The molecule has 0 spiro atoms. The lowest BCUT2D eigenvalue weighted by Crippen LogP contribution is -2.25. The lowest BCUT2D eigenvalue weighted by molar-refractivity contribution is 0.571. The summed E-state index contributed by atoms with van der Waals surface area (Å²) in [5, 5.41) is 3.87. The van der Waals surface area contributed by atoms with E-state index in [1.54, 1.807) is 11.9 Å². The Kier molecular flexibility index (Phi) is 4.04. The number of aryl methyl sites for hydroxylation is 1. The SMILES string of the molecule is CN(Cc1ccc(F)cc1F)c1cnn(C)c(=O)c1Cl. The number of benzene rings is 1. The normalized spacial score (nSPS) is 10.7. The quantitative estimate of drug-likeness (QED) is 0.873. The van der Waals surface area contributed by atoms with Crippen molar-refractivity contribution >= 4 is 17.3 Å². The zero-order valence-electron chi connectivity index (χ0n) is 10.9. The third-order valence-corrected chi connectivity index (χ3v) is 3.25. The van der Waals surface area contributed by atoms with Crippen molar-refractivity contribution in [1.82, 2.24) is 9.78 Å². The number of hydrogen-bond acceptors (Lipinski definition) is 3. The molecule has 0 aliphatic heterocycles. The number of anilines is 1. The van der Waals surface area contributed by atoms with Crippen LogP contribution in [0.25, 0.3) is 0 Å². The van der Waals surface area contributed by atoms with Gasteiger partial charge in [0.25, 0.3) is 5.56 Å². The first-order chi connectivity index (χ1) is 9.40. The number of hydrogen-bond donors (Lipinski definition) is 0. The predicted molar refractivity (Wildman–Crippen MR) is 73.0 cm³/mol. The van der Waals surface area contributed by atoms with Crippen molar-refractivity contribution < 1.29 is 8.78 Å². The molecule has 0 aliphatic carbocycles. The topological polar surface area (TPSA) is 38.1 Å². The molecule has 4 nitrogen and oxygen atoms in total. The highest BCUT2D eigenvalue weighted by Crippen LogP contribution is 2.22. The molecule has 1 heterocycles. The molecular weight excluding hydrogens is 288 g/mol. The first kappa shape index (κ1) is 14.5. The number of halogens is 3. The summed E-state index contributed by atoms with van der Waals surface area (Å²) in [4.78, 5) is 13.3. The van der Waals surface area contributed by atoms with Crippen molar-refractivity contribution in [2.24, 2.45) is 7.05 Å². The van der Waals surface area contributed by atoms with Gasteiger partial charge in [0.1, 0.15) is 16.7 Å². The molecule has 0 bridgehead atoms. The molecule has 0 N–H and O–H groups in total.